The molecule has 27 heavy (non-hydrogen) atoms. The number of para-hydroxylation sites is 1. The topological polar surface area (TPSA) is 76.6 Å². The Labute approximate surface area is 157 Å². The Morgan fingerprint density at radius 3 is 2.44 bits per heavy atom. The van der Waals surface area contributed by atoms with E-state index in [1.165, 1.54) is 0 Å². The minimum Gasteiger partial charge on any atom is -0.493 e. The summed E-state index contributed by atoms with van der Waals surface area (Å²) in [4.78, 5) is 22.8. The zero-order chi connectivity index (χ0) is 19.2. The van der Waals surface area contributed by atoms with Crippen molar-refractivity contribution < 1.29 is 14.3 Å². The molecule has 138 valence electrons. The van der Waals surface area contributed by atoms with Crippen molar-refractivity contribution in [3.63, 3.8) is 0 Å². The van der Waals surface area contributed by atoms with Gasteiger partial charge in [0.1, 0.15) is 5.69 Å². The van der Waals surface area contributed by atoms with Gasteiger partial charge in [0.15, 0.2) is 11.5 Å². The number of carbonyl (C=O) groups excluding carboxylic acids is 1. The maximum absolute atomic E-state index is 12.7. The monoisotopic (exact) mass is 364 g/mol. The van der Waals surface area contributed by atoms with E-state index in [1.807, 2.05) is 36.4 Å². The lowest BCUT2D eigenvalue weighted by Crippen LogP contribution is -2.27. The minimum atomic E-state index is -0.223. The molecular formula is C20H20N4O3. The number of hydrogen-bond acceptors (Lipinski definition) is 6. The second kappa shape index (κ2) is 8.18. The first kappa shape index (κ1) is 18.2. The van der Waals surface area contributed by atoms with Gasteiger partial charge >= 0.3 is 0 Å². The van der Waals surface area contributed by atoms with Crippen LogP contribution in [-0.4, -0.2) is 37.1 Å². The number of hydrogen-bond donors (Lipinski definition) is 1. The van der Waals surface area contributed by atoms with Crippen LogP contribution in [0.2, 0.25) is 0 Å². The van der Waals surface area contributed by atoms with Crippen molar-refractivity contribution >= 4 is 23.2 Å². The number of ether oxygens (including phenoxy) is 2. The molecule has 0 atom stereocenters. The van der Waals surface area contributed by atoms with Gasteiger partial charge in [-0.1, -0.05) is 18.2 Å². The average molecular weight is 364 g/mol. The van der Waals surface area contributed by atoms with Gasteiger partial charge in [-0.3, -0.25) is 4.79 Å². The highest BCUT2D eigenvalue weighted by Gasteiger charge is 2.16. The number of nitrogens with one attached hydrogen (secondary N) is 1. The van der Waals surface area contributed by atoms with Crippen LogP contribution < -0.4 is 19.7 Å². The van der Waals surface area contributed by atoms with Crippen LogP contribution >= 0.6 is 0 Å². The number of methoxy groups -OCH3 is 2. The van der Waals surface area contributed by atoms with Crippen LogP contribution in [-0.2, 0) is 0 Å². The molecule has 1 heterocycles. The Kier molecular flexibility index (Phi) is 5.51. The maximum atomic E-state index is 12.7. The third-order valence-electron chi connectivity index (χ3n) is 3.96. The van der Waals surface area contributed by atoms with E-state index in [1.54, 1.807) is 50.6 Å². The summed E-state index contributed by atoms with van der Waals surface area (Å²) in [6.45, 7) is 0. The molecule has 1 N–H and O–H groups in total. The lowest BCUT2D eigenvalue weighted by molar-refractivity contribution is 0.0988. The molecule has 3 rings (SSSR count). The fourth-order valence-electron chi connectivity index (χ4n) is 2.52. The molecule has 3 aromatic rings. The van der Waals surface area contributed by atoms with Crippen molar-refractivity contribution in [1.82, 2.24) is 9.97 Å². The van der Waals surface area contributed by atoms with Crippen LogP contribution in [0.5, 0.6) is 11.5 Å². The van der Waals surface area contributed by atoms with Crippen LogP contribution in [0.4, 0.5) is 17.3 Å². The molecule has 0 saturated carbocycles. The number of benzene rings is 2. The van der Waals surface area contributed by atoms with Crippen LogP contribution in [0.1, 0.15) is 10.5 Å². The number of carbonyl (C=O) groups is 1. The highest BCUT2D eigenvalue weighted by molar-refractivity contribution is 6.04. The van der Waals surface area contributed by atoms with Crippen molar-refractivity contribution in [1.29, 1.82) is 0 Å². The van der Waals surface area contributed by atoms with Gasteiger partial charge in [0, 0.05) is 30.7 Å². The van der Waals surface area contributed by atoms with Crippen molar-refractivity contribution in [3.05, 3.63) is 66.5 Å². The van der Waals surface area contributed by atoms with E-state index in [-0.39, 0.29) is 5.91 Å². The highest BCUT2D eigenvalue weighted by Crippen LogP contribution is 2.30. The molecule has 0 unspecified atom stereocenters. The third-order valence-corrected chi connectivity index (χ3v) is 3.96. The van der Waals surface area contributed by atoms with Crippen molar-refractivity contribution in [2.24, 2.45) is 0 Å². The molecule has 0 aliphatic rings. The lowest BCUT2D eigenvalue weighted by Gasteiger charge is -2.17. The van der Waals surface area contributed by atoms with E-state index < -0.39 is 0 Å². The Morgan fingerprint density at radius 1 is 1.00 bits per heavy atom. The predicted molar refractivity (Wildman–Crippen MR) is 104 cm³/mol. The number of anilines is 3. The summed E-state index contributed by atoms with van der Waals surface area (Å²) in [6, 6.07) is 16.3. The molecular weight excluding hydrogens is 344 g/mol. The Balaban J connectivity index is 1.80. The van der Waals surface area contributed by atoms with Crippen LogP contribution in [0, 0.1) is 0 Å². The lowest BCUT2D eigenvalue weighted by atomic mass is 10.2. The number of nitrogens with zero attached hydrogens (tertiary/aromatic N) is 3. The quantitative estimate of drug-likeness (QED) is 0.721. The SMILES string of the molecule is COc1ccc(Nc2nccc(C(=O)N(C)c3ccccc3)n2)cc1OC. The molecule has 1 aromatic heterocycles. The molecule has 1 amide bonds. The molecule has 0 aliphatic carbocycles. The zero-order valence-electron chi connectivity index (χ0n) is 15.3. The van der Waals surface area contributed by atoms with Crippen molar-refractivity contribution in [2.75, 3.05) is 31.5 Å². The van der Waals surface area contributed by atoms with E-state index in [4.69, 9.17) is 9.47 Å². The van der Waals surface area contributed by atoms with Gasteiger partial charge in [0.25, 0.3) is 5.91 Å². The summed E-state index contributed by atoms with van der Waals surface area (Å²) in [5.41, 5.74) is 1.79. The third kappa shape index (κ3) is 4.14. The van der Waals surface area contributed by atoms with E-state index in [0.29, 0.717) is 28.8 Å². The van der Waals surface area contributed by atoms with Crippen molar-refractivity contribution in [3.8, 4) is 11.5 Å². The fourth-order valence-corrected chi connectivity index (χ4v) is 2.52. The fraction of sp³-hybridized carbons (Fsp3) is 0.150. The molecule has 0 aliphatic heterocycles. The molecule has 0 saturated heterocycles. The van der Waals surface area contributed by atoms with Gasteiger partial charge in [0.2, 0.25) is 5.95 Å². The van der Waals surface area contributed by atoms with Gasteiger partial charge in [-0.2, -0.15) is 0 Å². The summed E-state index contributed by atoms with van der Waals surface area (Å²) in [5.74, 6) is 1.30. The summed E-state index contributed by atoms with van der Waals surface area (Å²) >= 11 is 0. The van der Waals surface area contributed by atoms with E-state index in [0.717, 1.165) is 5.69 Å². The highest BCUT2D eigenvalue weighted by atomic mass is 16.5. The smallest absolute Gasteiger partial charge is 0.276 e. The second-order valence-electron chi connectivity index (χ2n) is 5.66. The normalized spacial score (nSPS) is 10.2. The first-order chi connectivity index (χ1) is 13.1. The van der Waals surface area contributed by atoms with Gasteiger partial charge in [0.05, 0.1) is 14.2 Å². The molecule has 2 aromatic carbocycles. The van der Waals surface area contributed by atoms with Gasteiger partial charge < -0.3 is 19.7 Å². The number of rotatable bonds is 6. The second-order valence-corrected chi connectivity index (χ2v) is 5.66. The van der Waals surface area contributed by atoms with Gasteiger partial charge in [-0.25, -0.2) is 9.97 Å². The van der Waals surface area contributed by atoms with E-state index in [2.05, 4.69) is 15.3 Å². The predicted octanol–water partition coefficient (Wildman–Crippen LogP) is 3.51. The van der Waals surface area contributed by atoms with E-state index in [9.17, 15) is 4.79 Å². The van der Waals surface area contributed by atoms with Gasteiger partial charge in [-0.05, 0) is 30.3 Å². The van der Waals surface area contributed by atoms with Crippen molar-refractivity contribution in [2.45, 2.75) is 0 Å². The maximum Gasteiger partial charge on any atom is 0.276 e. The minimum absolute atomic E-state index is 0.223. The number of amides is 1. The zero-order valence-corrected chi connectivity index (χ0v) is 15.3. The molecule has 0 spiro atoms. The Bertz CT molecular complexity index is 932. The largest absolute Gasteiger partial charge is 0.493 e. The van der Waals surface area contributed by atoms with Crippen LogP contribution in [0.15, 0.2) is 60.8 Å². The van der Waals surface area contributed by atoms with E-state index >= 15 is 0 Å². The van der Waals surface area contributed by atoms with Crippen LogP contribution in [0.3, 0.4) is 0 Å². The first-order valence-corrected chi connectivity index (χ1v) is 8.27. The van der Waals surface area contributed by atoms with Crippen LogP contribution in [0.25, 0.3) is 0 Å². The summed E-state index contributed by atoms with van der Waals surface area (Å²) < 4.78 is 10.5. The standard InChI is InChI=1S/C20H20N4O3/c1-24(15-7-5-4-6-8-15)19(25)16-11-12-21-20(23-16)22-14-9-10-17(26-2)18(13-14)27-3/h4-13H,1-3H3,(H,21,22,23). The molecule has 7 heteroatoms. The molecule has 7 nitrogen and oxygen atoms in total. The number of aromatic nitrogens is 2. The first-order valence-electron chi connectivity index (χ1n) is 8.27. The molecule has 0 radical (unpaired) electrons. The molecule has 0 bridgehead atoms. The summed E-state index contributed by atoms with van der Waals surface area (Å²) in [7, 11) is 4.85. The summed E-state index contributed by atoms with van der Waals surface area (Å²) in [6.07, 6.45) is 1.54. The Hall–Kier alpha value is -3.61. The Morgan fingerprint density at radius 2 is 1.74 bits per heavy atom. The average Bonchev–Trinajstić information content (AvgIpc) is 2.73. The van der Waals surface area contributed by atoms with Gasteiger partial charge in [-0.15, -0.1) is 0 Å². The summed E-state index contributed by atoms with van der Waals surface area (Å²) in [5, 5.41) is 3.08. The molecule has 0 fully saturated rings.